The molecule has 1 heterocycles. The van der Waals surface area contributed by atoms with Crippen molar-refractivity contribution in [2.75, 3.05) is 5.75 Å². The molecule has 0 radical (unpaired) electrons. The summed E-state index contributed by atoms with van der Waals surface area (Å²) in [5.41, 5.74) is -0.577. The number of rotatable bonds is 2. The highest BCUT2D eigenvalue weighted by atomic mass is 32.2. The van der Waals surface area contributed by atoms with Gasteiger partial charge in [-0.1, -0.05) is 6.92 Å². The highest BCUT2D eigenvalue weighted by molar-refractivity contribution is 8.00. The van der Waals surface area contributed by atoms with E-state index in [0.29, 0.717) is 5.92 Å². The van der Waals surface area contributed by atoms with Crippen molar-refractivity contribution in [2.45, 2.75) is 56.2 Å². The van der Waals surface area contributed by atoms with Crippen molar-refractivity contribution in [3.8, 4) is 6.07 Å². The molecule has 1 amide bonds. The third-order valence-electron chi connectivity index (χ3n) is 3.93. The number of carbonyl (C=O) groups excluding carboxylic acids is 1. The quantitative estimate of drug-likeness (QED) is 0.821. The zero-order valence-corrected chi connectivity index (χ0v) is 11.2. The van der Waals surface area contributed by atoms with Gasteiger partial charge in [0.05, 0.1) is 11.3 Å². The Labute approximate surface area is 107 Å². The second kappa shape index (κ2) is 5.30. The molecule has 17 heavy (non-hydrogen) atoms. The second-order valence-electron chi connectivity index (χ2n) is 5.37. The number of nitrogens with one attached hydrogen (secondary N) is 1. The predicted octanol–water partition coefficient (Wildman–Crippen LogP) is 2.47. The normalized spacial score (nSPS) is 37.4. The number of hydrogen-bond donors (Lipinski definition) is 1. The van der Waals surface area contributed by atoms with Crippen LogP contribution in [0.25, 0.3) is 0 Å². The zero-order valence-electron chi connectivity index (χ0n) is 10.4. The molecule has 0 aromatic rings. The summed E-state index contributed by atoms with van der Waals surface area (Å²) in [6.07, 6.45) is 5.81. The van der Waals surface area contributed by atoms with Crippen molar-refractivity contribution < 1.29 is 4.79 Å². The molecule has 0 aromatic carbocycles. The summed E-state index contributed by atoms with van der Waals surface area (Å²) < 4.78 is 0. The van der Waals surface area contributed by atoms with E-state index in [4.69, 9.17) is 0 Å². The Bertz CT molecular complexity index is 323. The third-order valence-corrected chi connectivity index (χ3v) is 5.30. The Morgan fingerprint density at radius 1 is 1.41 bits per heavy atom. The van der Waals surface area contributed by atoms with Crippen molar-refractivity contribution in [1.29, 1.82) is 5.26 Å². The minimum absolute atomic E-state index is 0.0829. The first-order valence-electron chi connectivity index (χ1n) is 6.50. The summed E-state index contributed by atoms with van der Waals surface area (Å²) in [6.45, 7) is 2.22. The van der Waals surface area contributed by atoms with E-state index in [1.54, 1.807) is 11.8 Å². The highest BCUT2D eigenvalue weighted by Crippen LogP contribution is 2.33. The molecule has 1 saturated heterocycles. The summed E-state index contributed by atoms with van der Waals surface area (Å²) in [6, 6.07) is 2.35. The van der Waals surface area contributed by atoms with Crippen LogP contribution < -0.4 is 5.32 Å². The van der Waals surface area contributed by atoms with Gasteiger partial charge in [-0.3, -0.25) is 4.79 Å². The van der Waals surface area contributed by atoms with Crippen molar-refractivity contribution in [1.82, 2.24) is 5.32 Å². The van der Waals surface area contributed by atoms with Gasteiger partial charge in [0.2, 0.25) is 5.91 Å². The SMILES string of the molecule is CC1CCC(C#N)(NC(=O)C2CCCS2)CC1. The van der Waals surface area contributed by atoms with Gasteiger partial charge in [-0.15, -0.1) is 11.8 Å². The van der Waals surface area contributed by atoms with Gasteiger partial charge in [-0.05, 0) is 50.2 Å². The maximum absolute atomic E-state index is 12.1. The van der Waals surface area contributed by atoms with Crippen LogP contribution in [0.4, 0.5) is 0 Å². The van der Waals surface area contributed by atoms with Gasteiger partial charge in [-0.2, -0.15) is 5.26 Å². The van der Waals surface area contributed by atoms with Crippen molar-refractivity contribution in [3.63, 3.8) is 0 Å². The lowest BCUT2D eigenvalue weighted by atomic mass is 9.78. The van der Waals surface area contributed by atoms with Crippen LogP contribution in [0.15, 0.2) is 0 Å². The summed E-state index contributed by atoms with van der Waals surface area (Å²) in [5.74, 6) is 1.85. The summed E-state index contributed by atoms with van der Waals surface area (Å²) in [4.78, 5) is 12.1. The van der Waals surface area contributed by atoms with Crippen LogP contribution in [0.2, 0.25) is 0 Å². The fraction of sp³-hybridized carbons (Fsp3) is 0.846. The molecule has 2 rings (SSSR count). The van der Waals surface area contributed by atoms with E-state index in [2.05, 4.69) is 18.3 Å². The average Bonchev–Trinajstić information content (AvgIpc) is 2.86. The molecular weight excluding hydrogens is 232 g/mol. The van der Waals surface area contributed by atoms with E-state index >= 15 is 0 Å². The van der Waals surface area contributed by atoms with Crippen molar-refractivity contribution in [2.24, 2.45) is 5.92 Å². The molecule has 1 aliphatic heterocycles. The van der Waals surface area contributed by atoms with Crippen LogP contribution in [0, 0.1) is 17.2 Å². The van der Waals surface area contributed by atoms with Crippen LogP contribution in [0.1, 0.15) is 45.4 Å². The fourth-order valence-corrected chi connectivity index (χ4v) is 3.78. The summed E-state index contributed by atoms with van der Waals surface area (Å²) in [5, 5.41) is 12.5. The minimum atomic E-state index is -0.577. The predicted molar refractivity (Wildman–Crippen MR) is 69.6 cm³/mol. The first kappa shape index (κ1) is 12.8. The molecule has 0 aromatic heterocycles. The molecule has 0 bridgehead atoms. The first-order valence-corrected chi connectivity index (χ1v) is 7.55. The van der Waals surface area contributed by atoms with Crippen molar-refractivity contribution >= 4 is 17.7 Å². The number of amides is 1. The largest absolute Gasteiger partial charge is 0.337 e. The van der Waals surface area contributed by atoms with Crippen LogP contribution in [-0.2, 0) is 4.79 Å². The van der Waals surface area contributed by atoms with E-state index in [-0.39, 0.29) is 11.2 Å². The Morgan fingerprint density at radius 3 is 2.65 bits per heavy atom. The molecule has 2 aliphatic rings. The molecule has 94 valence electrons. The standard InChI is InChI=1S/C13H20N2OS/c1-10-4-6-13(9-14,7-5-10)15-12(16)11-3-2-8-17-11/h10-11H,2-8H2,1H3,(H,15,16). The molecule has 0 spiro atoms. The van der Waals surface area contributed by atoms with E-state index < -0.39 is 5.54 Å². The van der Waals surface area contributed by atoms with Gasteiger partial charge in [0.1, 0.15) is 5.54 Å². The van der Waals surface area contributed by atoms with Crippen LogP contribution in [0.3, 0.4) is 0 Å². The Balaban J connectivity index is 1.95. The van der Waals surface area contributed by atoms with Gasteiger partial charge in [0.15, 0.2) is 0 Å². The monoisotopic (exact) mass is 252 g/mol. The molecule has 3 nitrogen and oxygen atoms in total. The molecule has 1 aliphatic carbocycles. The maximum Gasteiger partial charge on any atom is 0.234 e. The maximum atomic E-state index is 12.1. The minimum Gasteiger partial charge on any atom is -0.337 e. The Hall–Kier alpha value is -0.690. The van der Waals surface area contributed by atoms with Gasteiger partial charge in [0, 0.05) is 0 Å². The van der Waals surface area contributed by atoms with Crippen LogP contribution in [0.5, 0.6) is 0 Å². The highest BCUT2D eigenvalue weighted by Gasteiger charge is 2.37. The number of thioether (sulfide) groups is 1. The van der Waals surface area contributed by atoms with Crippen LogP contribution >= 0.6 is 11.8 Å². The Morgan fingerprint density at radius 2 is 2.12 bits per heavy atom. The van der Waals surface area contributed by atoms with Gasteiger partial charge in [0.25, 0.3) is 0 Å². The molecular formula is C13H20N2OS. The zero-order chi connectivity index (χ0) is 12.3. The number of carbonyl (C=O) groups is 1. The summed E-state index contributed by atoms with van der Waals surface area (Å²) in [7, 11) is 0. The topological polar surface area (TPSA) is 52.9 Å². The van der Waals surface area contributed by atoms with E-state index in [9.17, 15) is 10.1 Å². The number of nitrogens with zero attached hydrogens (tertiary/aromatic N) is 1. The van der Waals surface area contributed by atoms with Crippen LogP contribution in [-0.4, -0.2) is 22.4 Å². The smallest absolute Gasteiger partial charge is 0.234 e. The first-order chi connectivity index (χ1) is 8.15. The van der Waals surface area contributed by atoms with E-state index in [1.807, 2.05) is 0 Å². The number of nitriles is 1. The summed E-state index contributed by atoms with van der Waals surface area (Å²) >= 11 is 1.73. The lowest BCUT2D eigenvalue weighted by Crippen LogP contribution is -2.51. The van der Waals surface area contributed by atoms with Gasteiger partial charge in [-0.25, -0.2) is 0 Å². The second-order valence-corrected chi connectivity index (χ2v) is 6.68. The molecule has 1 unspecified atom stereocenters. The molecule has 1 N–H and O–H groups in total. The Kier molecular flexibility index (Phi) is 3.98. The molecule has 2 fully saturated rings. The average molecular weight is 252 g/mol. The van der Waals surface area contributed by atoms with E-state index in [0.717, 1.165) is 44.3 Å². The number of hydrogen-bond acceptors (Lipinski definition) is 3. The van der Waals surface area contributed by atoms with E-state index in [1.165, 1.54) is 0 Å². The molecule has 1 atom stereocenters. The van der Waals surface area contributed by atoms with Crippen molar-refractivity contribution in [3.05, 3.63) is 0 Å². The molecule has 4 heteroatoms. The fourth-order valence-electron chi connectivity index (χ4n) is 2.62. The lowest BCUT2D eigenvalue weighted by Gasteiger charge is -2.35. The lowest BCUT2D eigenvalue weighted by molar-refractivity contribution is -0.122. The van der Waals surface area contributed by atoms with Gasteiger partial charge < -0.3 is 5.32 Å². The molecule has 1 saturated carbocycles. The van der Waals surface area contributed by atoms with Gasteiger partial charge >= 0.3 is 0 Å². The third kappa shape index (κ3) is 2.95.